The second-order valence-electron chi connectivity index (χ2n) is 8.22. The van der Waals surface area contributed by atoms with E-state index in [9.17, 15) is 9.90 Å². The van der Waals surface area contributed by atoms with Crippen LogP contribution in [-0.4, -0.2) is 32.4 Å². The fourth-order valence-electron chi connectivity index (χ4n) is 5.52. The van der Waals surface area contributed by atoms with E-state index in [4.69, 9.17) is 11.6 Å². The Labute approximate surface area is 140 Å². The quantitative estimate of drug-likeness (QED) is 0.892. The number of halogens is 1. The third kappa shape index (κ3) is 2.23. The molecule has 0 radical (unpaired) electrons. The summed E-state index contributed by atoms with van der Waals surface area (Å²) in [5.74, 6) is 1.36. The van der Waals surface area contributed by atoms with E-state index in [0.29, 0.717) is 34.5 Å². The molecule has 2 atom stereocenters. The van der Waals surface area contributed by atoms with Crippen molar-refractivity contribution >= 4 is 17.5 Å². The summed E-state index contributed by atoms with van der Waals surface area (Å²) < 4.78 is 1.77. The molecule has 5 fully saturated rings. The minimum atomic E-state index is -0.466. The lowest BCUT2D eigenvalue weighted by atomic mass is 9.52. The van der Waals surface area contributed by atoms with Crippen LogP contribution in [0.25, 0.3) is 0 Å². The van der Waals surface area contributed by atoms with Gasteiger partial charge >= 0.3 is 0 Å². The molecule has 0 aromatic carbocycles. The van der Waals surface area contributed by atoms with Crippen LogP contribution in [0.4, 0.5) is 0 Å². The van der Waals surface area contributed by atoms with Crippen LogP contribution < -0.4 is 5.32 Å². The van der Waals surface area contributed by atoms with E-state index < -0.39 is 5.60 Å². The van der Waals surface area contributed by atoms with Gasteiger partial charge in [0.05, 0.1) is 23.4 Å². The van der Waals surface area contributed by atoms with Crippen LogP contribution in [0.15, 0.2) is 6.20 Å². The molecule has 2 N–H and O–H groups in total. The predicted molar refractivity (Wildman–Crippen MR) is 85.3 cm³/mol. The van der Waals surface area contributed by atoms with Gasteiger partial charge in [0, 0.05) is 6.04 Å². The predicted octanol–water partition coefficient (Wildman–Crippen LogP) is 2.54. The molecule has 5 aliphatic rings. The molecule has 0 spiro atoms. The monoisotopic (exact) mass is 335 g/mol. The molecule has 0 unspecified atom stereocenters. The van der Waals surface area contributed by atoms with Crippen LogP contribution in [0.2, 0.25) is 5.15 Å². The molecule has 23 heavy (non-hydrogen) atoms. The largest absolute Gasteiger partial charge is 0.390 e. The number of rotatable bonds is 3. The molecule has 6 heteroatoms. The number of carbonyl (C=O) groups is 1. The molecule has 5 aliphatic carbocycles. The number of hydrogen-bond donors (Lipinski definition) is 2. The van der Waals surface area contributed by atoms with E-state index in [1.54, 1.807) is 10.9 Å². The van der Waals surface area contributed by atoms with Gasteiger partial charge in [-0.2, -0.15) is 5.10 Å². The Hall–Kier alpha value is -1.07. The van der Waals surface area contributed by atoms with Gasteiger partial charge in [0.1, 0.15) is 5.15 Å². The second-order valence-corrected chi connectivity index (χ2v) is 8.58. The third-order valence-corrected chi connectivity index (χ3v) is 6.79. The highest BCUT2D eigenvalue weighted by atomic mass is 35.5. The minimum absolute atomic E-state index is 0.105. The zero-order valence-corrected chi connectivity index (χ0v) is 13.8. The number of amides is 1. The van der Waals surface area contributed by atoms with Crippen molar-refractivity contribution in [1.29, 1.82) is 0 Å². The maximum absolute atomic E-state index is 12.7. The second kappa shape index (κ2) is 4.73. The molecule has 4 bridgehead atoms. The van der Waals surface area contributed by atoms with Gasteiger partial charge in [0.25, 0.3) is 5.91 Å². The van der Waals surface area contributed by atoms with Crippen LogP contribution >= 0.6 is 11.6 Å². The lowest BCUT2D eigenvalue weighted by Gasteiger charge is -2.58. The topological polar surface area (TPSA) is 67.2 Å². The fraction of sp³-hybridized carbons (Fsp3) is 0.765. The molecule has 124 valence electrons. The molecule has 1 heterocycles. The summed E-state index contributed by atoms with van der Waals surface area (Å²) in [5.41, 5.74) is 0.0257. The smallest absolute Gasteiger partial charge is 0.256 e. The van der Waals surface area contributed by atoms with Crippen molar-refractivity contribution in [3.8, 4) is 0 Å². The summed E-state index contributed by atoms with van der Waals surface area (Å²) in [6.45, 7) is 0. The maximum atomic E-state index is 12.7. The van der Waals surface area contributed by atoms with Gasteiger partial charge < -0.3 is 10.4 Å². The van der Waals surface area contributed by atoms with Crippen molar-refractivity contribution in [2.24, 2.45) is 17.8 Å². The highest BCUT2D eigenvalue weighted by molar-refractivity contribution is 6.32. The average molecular weight is 336 g/mol. The molecule has 5 saturated carbocycles. The van der Waals surface area contributed by atoms with E-state index >= 15 is 0 Å². The number of aliphatic hydroxyl groups is 1. The SMILES string of the molecule is O=C(NC1[C@H]2CC3C[C@H]1CC(O)(C3)C2)c1cnn(C2CC2)c1Cl. The van der Waals surface area contributed by atoms with Gasteiger partial charge in [-0.25, -0.2) is 0 Å². The van der Waals surface area contributed by atoms with Crippen LogP contribution in [0.1, 0.15) is 61.3 Å². The zero-order chi connectivity index (χ0) is 15.8. The number of nitrogens with one attached hydrogen (secondary N) is 1. The van der Waals surface area contributed by atoms with Gasteiger partial charge in [-0.3, -0.25) is 9.48 Å². The van der Waals surface area contributed by atoms with Crippen molar-refractivity contribution in [3.05, 3.63) is 16.9 Å². The Bertz CT molecular complexity index is 653. The van der Waals surface area contributed by atoms with Crippen LogP contribution in [0, 0.1) is 17.8 Å². The summed E-state index contributed by atoms with van der Waals surface area (Å²) in [4.78, 5) is 12.7. The van der Waals surface area contributed by atoms with E-state index in [-0.39, 0.29) is 11.9 Å². The third-order valence-electron chi connectivity index (χ3n) is 6.41. The zero-order valence-electron chi connectivity index (χ0n) is 13.0. The van der Waals surface area contributed by atoms with E-state index in [1.165, 1.54) is 0 Å². The summed E-state index contributed by atoms with van der Waals surface area (Å²) in [5, 5.41) is 18.6. The average Bonchev–Trinajstić information content (AvgIpc) is 3.24. The van der Waals surface area contributed by atoms with Gasteiger partial charge in [-0.1, -0.05) is 11.6 Å². The van der Waals surface area contributed by atoms with Crippen molar-refractivity contribution in [3.63, 3.8) is 0 Å². The number of aromatic nitrogens is 2. The molecule has 6 rings (SSSR count). The number of carbonyl (C=O) groups excluding carboxylic acids is 1. The van der Waals surface area contributed by atoms with Crippen LogP contribution in [-0.2, 0) is 0 Å². The van der Waals surface area contributed by atoms with E-state index in [2.05, 4.69) is 10.4 Å². The van der Waals surface area contributed by atoms with Crippen molar-refractivity contribution in [1.82, 2.24) is 15.1 Å². The lowest BCUT2D eigenvalue weighted by Crippen LogP contribution is -2.61. The van der Waals surface area contributed by atoms with Gasteiger partial charge in [0.2, 0.25) is 0 Å². The van der Waals surface area contributed by atoms with Gasteiger partial charge in [-0.15, -0.1) is 0 Å². The summed E-state index contributed by atoms with van der Waals surface area (Å²) in [6.07, 6.45) is 8.68. The standard InChI is InChI=1S/C17H22ClN3O2/c18-15-13(8-19-21(15)12-1-2-12)16(22)20-14-10-3-9-4-11(14)7-17(23,5-9)6-10/h8-12,14,23H,1-7H2,(H,20,22)/t9?,10-,11-,14?,17?/m0/s1. The fourth-order valence-corrected chi connectivity index (χ4v) is 5.84. The molecule has 5 nitrogen and oxygen atoms in total. The molecule has 1 aromatic rings. The molecule has 1 aromatic heterocycles. The first-order chi connectivity index (χ1) is 11.0. The maximum Gasteiger partial charge on any atom is 0.256 e. The first-order valence-electron chi connectivity index (χ1n) is 8.79. The van der Waals surface area contributed by atoms with Crippen molar-refractivity contribution in [2.75, 3.05) is 0 Å². The van der Waals surface area contributed by atoms with Crippen LogP contribution in [0.5, 0.6) is 0 Å². The first kappa shape index (κ1) is 14.3. The number of hydrogen-bond acceptors (Lipinski definition) is 3. The molecule has 0 aliphatic heterocycles. The number of nitrogens with zero attached hydrogens (tertiary/aromatic N) is 2. The van der Waals surface area contributed by atoms with Crippen molar-refractivity contribution < 1.29 is 9.90 Å². The Morgan fingerprint density at radius 2 is 2.00 bits per heavy atom. The van der Waals surface area contributed by atoms with E-state index in [1.807, 2.05) is 0 Å². The van der Waals surface area contributed by atoms with Crippen LogP contribution in [0.3, 0.4) is 0 Å². The highest BCUT2D eigenvalue weighted by Crippen LogP contribution is 2.55. The molecule has 0 saturated heterocycles. The first-order valence-corrected chi connectivity index (χ1v) is 9.16. The Morgan fingerprint density at radius 3 is 2.61 bits per heavy atom. The molecular formula is C17H22ClN3O2. The Balaban J connectivity index is 1.35. The van der Waals surface area contributed by atoms with E-state index in [0.717, 1.165) is 44.9 Å². The summed E-state index contributed by atoms with van der Waals surface area (Å²) >= 11 is 6.34. The molecular weight excluding hydrogens is 314 g/mol. The van der Waals surface area contributed by atoms with Gasteiger partial charge in [0.15, 0.2) is 0 Å². The van der Waals surface area contributed by atoms with Gasteiger partial charge in [-0.05, 0) is 62.7 Å². The lowest BCUT2D eigenvalue weighted by molar-refractivity contribution is -0.136. The molecule has 1 amide bonds. The summed E-state index contributed by atoms with van der Waals surface area (Å²) in [7, 11) is 0. The van der Waals surface area contributed by atoms with Crippen molar-refractivity contribution in [2.45, 2.75) is 62.6 Å². The minimum Gasteiger partial charge on any atom is -0.390 e. The summed E-state index contributed by atoms with van der Waals surface area (Å²) in [6, 6.07) is 0.555. The highest BCUT2D eigenvalue weighted by Gasteiger charge is 2.55. The normalized spacial score (nSPS) is 41.3. The Kier molecular flexibility index (Phi) is 2.94. The Morgan fingerprint density at radius 1 is 1.30 bits per heavy atom.